The minimum atomic E-state index is -0.240. The average Bonchev–Trinajstić information content (AvgIpc) is 2.53. The summed E-state index contributed by atoms with van der Waals surface area (Å²) in [6.07, 6.45) is 1.98. The summed E-state index contributed by atoms with van der Waals surface area (Å²) >= 11 is 1.61. The lowest BCUT2D eigenvalue weighted by Gasteiger charge is -2.08. The quantitative estimate of drug-likeness (QED) is 0.860. The molecule has 0 aromatic heterocycles. The van der Waals surface area contributed by atoms with Crippen LogP contribution in [0.15, 0.2) is 53.4 Å². The fourth-order valence-electron chi connectivity index (χ4n) is 1.70. The number of rotatable bonds is 5. The molecule has 0 aliphatic heterocycles. The largest absolute Gasteiger partial charge is 0.484 e. The maximum Gasteiger partial charge on any atom is 0.262 e. The van der Waals surface area contributed by atoms with E-state index in [-0.39, 0.29) is 12.5 Å². The van der Waals surface area contributed by atoms with E-state index in [4.69, 9.17) is 10.00 Å². The van der Waals surface area contributed by atoms with Crippen molar-refractivity contribution in [2.45, 2.75) is 4.90 Å². The van der Waals surface area contributed by atoms with Crippen molar-refractivity contribution in [3.05, 3.63) is 54.1 Å². The molecule has 5 heteroatoms. The summed E-state index contributed by atoms with van der Waals surface area (Å²) in [5, 5.41) is 11.6. The first-order valence-corrected chi connectivity index (χ1v) is 7.50. The Balaban J connectivity index is 1.91. The van der Waals surface area contributed by atoms with Crippen LogP contribution in [-0.2, 0) is 4.79 Å². The number of anilines is 1. The highest BCUT2D eigenvalue weighted by molar-refractivity contribution is 7.98. The number of hydrogen-bond acceptors (Lipinski definition) is 4. The number of ether oxygens (including phenoxy) is 1. The standard InChI is InChI=1S/C16H14N2O2S/c1-21-15-7-3-5-13(9-15)18-16(19)11-20-14-6-2-4-12(8-14)10-17/h2-9H,11H2,1H3,(H,18,19). The van der Waals surface area contributed by atoms with Gasteiger partial charge in [-0.1, -0.05) is 12.1 Å². The van der Waals surface area contributed by atoms with Crippen LogP contribution in [0, 0.1) is 11.3 Å². The van der Waals surface area contributed by atoms with Crippen LogP contribution in [0.5, 0.6) is 5.75 Å². The number of hydrogen-bond donors (Lipinski definition) is 1. The van der Waals surface area contributed by atoms with Crippen LogP contribution in [-0.4, -0.2) is 18.8 Å². The van der Waals surface area contributed by atoms with Gasteiger partial charge < -0.3 is 10.1 Å². The number of nitrogens with zero attached hydrogens (tertiary/aromatic N) is 1. The lowest BCUT2D eigenvalue weighted by atomic mass is 10.2. The van der Waals surface area contributed by atoms with Gasteiger partial charge in [-0.05, 0) is 42.7 Å². The van der Waals surface area contributed by atoms with Crippen LogP contribution in [0.3, 0.4) is 0 Å². The summed E-state index contributed by atoms with van der Waals surface area (Å²) in [4.78, 5) is 12.9. The Labute approximate surface area is 127 Å². The summed E-state index contributed by atoms with van der Waals surface area (Å²) in [5.41, 5.74) is 1.24. The van der Waals surface area contributed by atoms with E-state index in [1.807, 2.05) is 36.6 Å². The minimum absolute atomic E-state index is 0.0988. The highest BCUT2D eigenvalue weighted by atomic mass is 32.2. The summed E-state index contributed by atoms with van der Waals surface area (Å²) < 4.78 is 5.37. The number of benzene rings is 2. The molecule has 0 aliphatic rings. The third kappa shape index (κ3) is 4.55. The van der Waals surface area contributed by atoms with Gasteiger partial charge in [0.15, 0.2) is 6.61 Å². The molecule has 0 bridgehead atoms. The van der Waals surface area contributed by atoms with E-state index in [1.165, 1.54) is 0 Å². The number of thioether (sulfide) groups is 1. The summed E-state index contributed by atoms with van der Waals surface area (Å²) in [6, 6.07) is 16.3. The van der Waals surface area contributed by atoms with Crippen molar-refractivity contribution >= 4 is 23.4 Å². The van der Waals surface area contributed by atoms with E-state index in [0.717, 1.165) is 10.6 Å². The van der Waals surface area contributed by atoms with Gasteiger partial charge in [0.05, 0.1) is 11.6 Å². The molecule has 106 valence electrons. The summed E-state index contributed by atoms with van der Waals surface area (Å²) in [6.45, 7) is -0.0988. The van der Waals surface area contributed by atoms with Crippen LogP contribution in [0.25, 0.3) is 0 Å². The lowest BCUT2D eigenvalue weighted by Crippen LogP contribution is -2.20. The van der Waals surface area contributed by atoms with E-state index in [2.05, 4.69) is 5.32 Å². The predicted octanol–water partition coefficient (Wildman–Crippen LogP) is 3.30. The smallest absolute Gasteiger partial charge is 0.262 e. The van der Waals surface area contributed by atoms with Crippen LogP contribution in [0.2, 0.25) is 0 Å². The van der Waals surface area contributed by atoms with Crippen molar-refractivity contribution in [3.8, 4) is 11.8 Å². The van der Waals surface area contributed by atoms with Crippen molar-refractivity contribution in [1.29, 1.82) is 5.26 Å². The molecule has 0 saturated carbocycles. The molecule has 0 heterocycles. The van der Waals surface area contributed by atoms with Crippen molar-refractivity contribution < 1.29 is 9.53 Å². The Kier molecular flexibility index (Phi) is 5.24. The molecular formula is C16H14N2O2S. The van der Waals surface area contributed by atoms with Crippen LogP contribution in [0.4, 0.5) is 5.69 Å². The second-order valence-electron chi connectivity index (χ2n) is 4.21. The Hall–Kier alpha value is -2.45. The maximum absolute atomic E-state index is 11.8. The zero-order chi connectivity index (χ0) is 15.1. The van der Waals surface area contributed by atoms with Crippen molar-refractivity contribution in [1.82, 2.24) is 0 Å². The number of carbonyl (C=O) groups excluding carboxylic acids is 1. The third-order valence-corrected chi connectivity index (χ3v) is 3.41. The molecule has 0 unspecified atom stereocenters. The van der Waals surface area contributed by atoms with E-state index >= 15 is 0 Å². The van der Waals surface area contributed by atoms with Gasteiger partial charge in [0.2, 0.25) is 0 Å². The van der Waals surface area contributed by atoms with Crippen molar-refractivity contribution in [2.24, 2.45) is 0 Å². The Morgan fingerprint density at radius 1 is 1.29 bits per heavy atom. The zero-order valence-corrected chi connectivity index (χ0v) is 12.3. The first-order chi connectivity index (χ1) is 10.2. The van der Waals surface area contributed by atoms with E-state index < -0.39 is 0 Å². The van der Waals surface area contributed by atoms with Crippen LogP contribution < -0.4 is 10.1 Å². The Morgan fingerprint density at radius 2 is 2.10 bits per heavy atom. The number of amides is 1. The first kappa shape index (κ1) is 14.9. The van der Waals surface area contributed by atoms with Crippen molar-refractivity contribution in [2.75, 3.05) is 18.2 Å². The van der Waals surface area contributed by atoms with Gasteiger partial charge >= 0.3 is 0 Å². The Morgan fingerprint density at radius 3 is 2.86 bits per heavy atom. The summed E-state index contributed by atoms with van der Waals surface area (Å²) in [5.74, 6) is 0.262. The monoisotopic (exact) mass is 298 g/mol. The molecule has 1 N–H and O–H groups in total. The fourth-order valence-corrected chi connectivity index (χ4v) is 2.16. The summed E-state index contributed by atoms with van der Waals surface area (Å²) in [7, 11) is 0. The second kappa shape index (κ2) is 7.36. The molecule has 2 rings (SSSR count). The van der Waals surface area contributed by atoms with E-state index in [1.54, 1.807) is 36.0 Å². The third-order valence-electron chi connectivity index (χ3n) is 2.69. The SMILES string of the molecule is CSc1cccc(NC(=O)COc2cccc(C#N)c2)c1. The van der Waals surface area contributed by atoms with Gasteiger partial charge in [-0.25, -0.2) is 0 Å². The van der Waals surface area contributed by atoms with Crippen LogP contribution in [0.1, 0.15) is 5.56 Å². The minimum Gasteiger partial charge on any atom is -0.484 e. The molecule has 0 atom stereocenters. The highest BCUT2D eigenvalue weighted by Gasteiger charge is 2.05. The molecule has 4 nitrogen and oxygen atoms in total. The normalized spacial score (nSPS) is 9.71. The fraction of sp³-hybridized carbons (Fsp3) is 0.125. The second-order valence-corrected chi connectivity index (χ2v) is 5.09. The van der Waals surface area contributed by atoms with Crippen molar-refractivity contribution in [3.63, 3.8) is 0 Å². The average molecular weight is 298 g/mol. The maximum atomic E-state index is 11.8. The lowest BCUT2D eigenvalue weighted by molar-refractivity contribution is -0.118. The highest BCUT2D eigenvalue weighted by Crippen LogP contribution is 2.19. The Bertz CT molecular complexity index is 680. The van der Waals surface area contributed by atoms with Gasteiger partial charge in [-0.15, -0.1) is 11.8 Å². The molecule has 0 saturated heterocycles. The number of nitrogens with one attached hydrogen (secondary N) is 1. The van der Waals surface area contributed by atoms with Gasteiger partial charge in [0.1, 0.15) is 5.75 Å². The zero-order valence-electron chi connectivity index (χ0n) is 11.5. The topological polar surface area (TPSA) is 62.1 Å². The van der Waals surface area contributed by atoms with Crippen LogP contribution >= 0.6 is 11.8 Å². The van der Waals surface area contributed by atoms with E-state index in [0.29, 0.717) is 11.3 Å². The molecule has 1 amide bonds. The van der Waals surface area contributed by atoms with E-state index in [9.17, 15) is 4.79 Å². The van der Waals surface area contributed by atoms with Gasteiger partial charge in [-0.2, -0.15) is 5.26 Å². The molecule has 0 spiro atoms. The molecular weight excluding hydrogens is 284 g/mol. The predicted molar refractivity (Wildman–Crippen MR) is 83.5 cm³/mol. The molecule has 2 aromatic rings. The molecule has 21 heavy (non-hydrogen) atoms. The molecule has 0 fully saturated rings. The molecule has 0 radical (unpaired) electrons. The van der Waals surface area contributed by atoms with Gasteiger partial charge in [0.25, 0.3) is 5.91 Å². The van der Waals surface area contributed by atoms with Gasteiger partial charge in [0, 0.05) is 10.6 Å². The first-order valence-electron chi connectivity index (χ1n) is 6.28. The number of carbonyl (C=O) groups is 1. The molecule has 2 aromatic carbocycles. The number of nitriles is 1. The van der Waals surface area contributed by atoms with Gasteiger partial charge in [-0.3, -0.25) is 4.79 Å². The molecule has 0 aliphatic carbocycles.